The fourth-order valence-corrected chi connectivity index (χ4v) is 2.82. The van der Waals surface area contributed by atoms with E-state index in [-0.39, 0.29) is 12.7 Å². The number of nitrogens with zero attached hydrogens (tertiary/aromatic N) is 2. The van der Waals surface area contributed by atoms with Crippen LogP contribution in [0.4, 0.5) is 5.69 Å². The van der Waals surface area contributed by atoms with Gasteiger partial charge in [-0.25, -0.2) is 4.99 Å². The van der Waals surface area contributed by atoms with Gasteiger partial charge in [-0.05, 0) is 31.4 Å². The van der Waals surface area contributed by atoms with E-state index >= 15 is 0 Å². The van der Waals surface area contributed by atoms with Crippen LogP contribution in [0.25, 0.3) is 0 Å². The summed E-state index contributed by atoms with van der Waals surface area (Å²) in [6.07, 6.45) is 1.67. The zero-order valence-electron chi connectivity index (χ0n) is 12.4. The van der Waals surface area contributed by atoms with Gasteiger partial charge in [0.1, 0.15) is 6.10 Å². The number of fused-ring (bicyclic) bond motifs is 1. The number of aliphatic hydroxyl groups is 1. The lowest BCUT2D eigenvalue weighted by Crippen LogP contribution is -2.47. The van der Waals surface area contributed by atoms with Gasteiger partial charge in [-0.2, -0.15) is 0 Å². The highest BCUT2D eigenvalue weighted by atomic mass is 16.5. The van der Waals surface area contributed by atoms with E-state index in [2.05, 4.69) is 22.0 Å². The molecule has 1 aromatic rings. The molecule has 1 atom stereocenters. The van der Waals surface area contributed by atoms with E-state index in [0.717, 1.165) is 26.1 Å². The van der Waals surface area contributed by atoms with Gasteiger partial charge in [-0.1, -0.05) is 18.2 Å². The molecule has 0 unspecified atom stereocenters. The van der Waals surface area contributed by atoms with E-state index in [1.54, 1.807) is 0 Å². The third-order valence-corrected chi connectivity index (χ3v) is 3.96. The molecular weight excluding hydrogens is 268 g/mol. The Kier molecular flexibility index (Phi) is 4.41. The van der Waals surface area contributed by atoms with Crippen molar-refractivity contribution >= 4 is 11.7 Å². The number of aliphatic imine (C=N–C) groups is 1. The minimum atomic E-state index is -0.253. The van der Waals surface area contributed by atoms with Crippen LogP contribution >= 0.6 is 0 Å². The second-order valence-corrected chi connectivity index (χ2v) is 5.55. The maximum atomic E-state index is 9.24. The second kappa shape index (κ2) is 6.45. The summed E-state index contributed by atoms with van der Waals surface area (Å²) >= 11 is 0. The Morgan fingerprint density at radius 2 is 2.14 bits per heavy atom. The van der Waals surface area contributed by atoms with Crippen LogP contribution in [0.15, 0.2) is 29.3 Å². The van der Waals surface area contributed by atoms with Crippen LogP contribution in [0.3, 0.4) is 0 Å². The summed E-state index contributed by atoms with van der Waals surface area (Å²) in [5.41, 5.74) is 2.38. The van der Waals surface area contributed by atoms with Gasteiger partial charge in [-0.3, -0.25) is 4.90 Å². The largest absolute Gasteiger partial charge is 0.459 e. The molecule has 2 aliphatic rings. The van der Waals surface area contributed by atoms with Gasteiger partial charge in [0.2, 0.25) is 0 Å². The minimum Gasteiger partial charge on any atom is -0.459 e. The molecule has 0 spiro atoms. The van der Waals surface area contributed by atoms with E-state index in [1.165, 1.54) is 11.3 Å². The molecule has 5 nitrogen and oxygen atoms in total. The number of ether oxygens (including phenoxy) is 2. The Bertz CT molecular complexity index is 512. The predicted molar refractivity (Wildman–Crippen MR) is 81.5 cm³/mol. The van der Waals surface area contributed by atoms with Crippen LogP contribution in [0.1, 0.15) is 25.3 Å². The first-order chi connectivity index (χ1) is 10.3. The standard InChI is InChI=1S/C16H22N2O3/c1-12(11-19)21-16-17-10-13-4-2-3-5-15(13)18(16)14-6-8-20-9-7-14/h2-5,12,14,19H,6-11H2,1H3/t12-/m1/s1. The van der Waals surface area contributed by atoms with Crippen LogP contribution < -0.4 is 4.90 Å². The number of benzene rings is 1. The molecule has 0 saturated carbocycles. The van der Waals surface area contributed by atoms with Crippen molar-refractivity contribution in [2.45, 2.75) is 38.5 Å². The third-order valence-electron chi connectivity index (χ3n) is 3.96. The van der Waals surface area contributed by atoms with Crippen molar-refractivity contribution in [1.82, 2.24) is 0 Å². The van der Waals surface area contributed by atoms with Crippen molar-refractivity contribution in [2.24, 2.45) is 4.99 Å². The van der Waals surface area contributed by atoms with E-state index < -0.39 is 0 Å². The highest BCUT2D eigenvalue weighted by Crippen LogP contribution is 2.31. The van der Waals surface area contributed by atoms with Gasteiger partial charge < -0.3 is 14.6 Å². The summed E-state index contributed by atoms with van der Waals surface area (Å²) in [6.45, 7) is 4.01. The molecule has 21 heavy (non-hydrogen) atoms. The number of rotatable bonds is 3. The topological polar surface area (TPSA) is 54.3 Å². The monoisotopic (exact) mass is 290 g/mol. The molecule has 1 fully saturated rings. The first kappa shape index (κ1) is 14.4. The van der Waals surface area contributed by atoms with Gasteiger partial charge in [0, 0.05) is 19.3 Å². The lowest BCUT2D eigenvalue weighted by Gasteiger charge is -2.39. The fraction of sp³-hybridized carbons (Fsp3) is 0.562. The first-order valence-corrected chi connectivity index (χ1v) is 7.56. The Morgan fingerprint density at radius 1 is 1.38 bits per heavy atom. The lowest BCUT2D eigenvalue weighted by atomic mass is 10.0. The van der Waals surface area contributed by atoms with Crippen molar-refractivity contribution in [2.75, 3.05) is 24.7 Å². The summed E-state index contributed by atoms with van der Waals surface area (Å²) in [6, 6.07) is 9.28. The van der Waals surface area contributed by atoms with Gasteiger partial charge in [-0.15, -0.1) is 0 Å². The first-order valence-electron chi connectivity index (χ1n) is 7.56. The maximum absolute atomic E-state index is 9.24. The number of para-hydroxylation sites is 1. The summed E-state index contributed by atoms with van der Waals surface area (Å²) in [4.78, 5) is 6.77. The quantitative estimate of drug-likeness (QED) is 0.924. The van der Waals surface area contributed by atoms with Gasteiger partial charge in [0.15, 0.2) is 0 Å². The predicted octanol–water partition coefficient (Wildman–Crippen LogP) is 1.94. The van der Waals surface area contributed by atoms with Crippen LogP contribution in [-0.2, 0) is 16.0 Å². The summed E-state index contributed by atoms with van der Waals surface area (Å²) in [7, 11) is 0. The van der Waals surface area contributed by atoms with Crippen LogP contribution in [0, 0.1) is 0 Å². The summed E-state index contributed by atoms with van der Waals surface area (Å²) in [5.74, 6) is 0. The van der Waals surface area contributed by atoms with Gasteiger partial charge >= 0.3 is 0 Å². The average Bonchev–Trinajstić information content (AvgIpc) is 2.55. The highest BCUT2D eigenvalue weighted by molar-refractivity contribution is 5.95. The molecule has 1 N–H and O–H groups in total. The number of hydrogen-bond acceptors (Lipinski definition) is 5. The molecule has 5 heteroatoms. The van der Waals surface area contributed by atoms with Crippen molar-refractivity contribution in [3.05, 3.63) is 29.8 Å². The zero-order valence-corrected chi connectivity index (χ0v) is 12.4. The van der Waals surface area contributed by atoms with Crippen molar-refractivity contribution in [1.29, 1.82) is 0 Å². The zero-order chi connectivity index (χ0) is 14.7. The summed E-state index contributed by atoms with van der Waals surface area (Å²) < 4.78 is 11.3. The maximum Gasteiger partial charge on any atom is 0.292 e. The Balaban J connectivity index is 1.90. The van der Waals surface area contributed by atoms with Crippen LogP contribution in [0.5, 0.6) is 0 Å². The van der Waals surface area contributed by atoms with Crippen LogP contribution in [0.2, 0.25) is 0 Å². The van der Waals surface area contributed by atoms with E-state index in [0.29, 0.717) is 18.6 Å². The Morgan fingerprint density at radius 3 is 2.90 bits per heavy atom. The second-order valence-electron chi connectivity index (χ2n) is 5.55. The molecule has 0 aromatic heterocycles. The van der Waals surface area contributed by atoms with Gasteiger partial charge in [0.05, 0.1) is 18.8 Å². The fourth-order valence-electron chi connectivity index (χ4n) is 2.82. The molecule has 0 radical (unpaired) electrons. The Hall–Kier alpha value is -1.59. The molecule has 1 aromatic carbocycles. The minimum absolute atomic E-state index is 0.0116. The van der Waals surface area contributed by atoms with Crippen molar-refractivity contribution in [3.8, 4) is 0 Å². The number of aliphatic hydroxyl groups excluding tert-OH is 1. The molecule has 0 amide bonds. The molecule has 1 saturated heterocycles. The number of anilines is 1. The molecular formula is C16H22N2O3. The Labute approximate surface area is 125 Å². The number of amidine groups is 1. The van der Waals surface area contributed by atoms with Crippen molar-refractivity contribution < 1.29 is 14.6 Å². The average molecular weight is 290 g/mol. The highest BCUT2D eigenvalue weighted by Gasteiger charge is 2.31. The molecule has 0 aliphatic carbocycles. The molecule has 114 valence electrons. The molecule has 0 bridgehead atoms. The lowest BCUT2D eigenvalue weighted by molar-refractivity contribution is 0.0818. The van der Waals surface area contributed by atoms with E-state index in [4.69, 9.17) is 9.47 Å². The third kappa shape index (κ3) is 3.04. The van der Waals surface area contributed by atoms with Crippen LogP contribution in [-0.4, -0.2) is 43.1 Å². The van der Waals surface area contributed by atoms with E-state index in [1.807, 2.05) is 19.1 Å². The molecule has 2 heterocycles. The smallest absolute Gasteiger partial charge is 0.292 e. The van der Waals surface area contributed by atoms with Gasteiger partial charge in [0.25, 0.3) is 6.02 Å². The normalized spacial score (nSPS) is 20.7. The van der Waals surface area contributed by atoms with Crippen molar-refractivity contribution in [3.63, 3.8) is 0 Å². The molecule has 2 aliphatic heterocycles. The number of hydrogen-bond donors (Lipinski definition) is 1. The SMILES string of the molecule is C[C@H](CO)OC1=NCc2ccccc2N1C1CCOCC1. The van der Waals surface area contributed by atoms with E-state index in [9.17, 15) is 5.11 Å². The molecule has 3 rings (SSSR count). The summed E-state index contributed by atoms with van der Waals surface area (Å²) in [5, 5.41) is 9.24.